The molecule has 0 spiro atoms. The second-order valence-corrected chi connectivity index (χ2v) is 15.0. The maximum Gasteiger partial charge on any atom is 0.306 e. The van der Waals surface area contributed by atoms with E-state index in [1.807, 2.05) is 38.8 Å². The Morgan fingerprint density at radius 3 is 2.60 bits per heavy atom. The molecule has 14 heteroatoms. The third kappa shape index (κ3) is 5.06. The number of hydrogen-bond donors (Lipinski definition) is 8. The number of thiol groups is 1. The number of carbonyl (C=O) groups excluding carboxylic acids is 2. The lowest BCUT2D eigenvalue weighted by Gasteiger charge is -2.20. The Balaban J connectivity index is 1.24. The van der Waals surface area contributed by atoms with E-state index in [0.29, 0.717) is 36.3 Å². The quantitative estimate of drug-likeness (QED) is 0.0786. The van der Waals surface area contributed by atoms with Crippen molar-refractivity contribution in [1.29, 1.82) is 0 Å². The zero-order valence-corrected chi connectivity index (χ0v) is 28.5. The molecule has 0 aromatic carbocycles. The fraction of sp³-hybridized carbons (Fsp3) is 0.618. The lowest BCUT2D eigenvalue weighted by Crippen LogP contribution is -2.40. The summed E-state index contributed by atoms with van der Waals surface area (Å²) < 4.78 is 11.4. The molecule has 5 fully saturated rings. The molecule has 7 aliphatic heterocycles. The SMILES string of the molecule is C=CC1C(=O)N[C@@]2(CC3N/C(=C\[C@]45NN4/C(=C/C4NC(=O)[C@H](C)[C@H]4CCS)C(C)=C5CC[C@@]4(O)CO4)C([C@@H](O)CC(=O)O)=C3C)O[C@@]12C. The number of allylic oxidation sites excluding steroid dienone is 1. The van der Waals surface area contributed by atoms with Gasteiger partial charge in [0.2, 0.25) is 11.8 Å². The van der Waals surface area contributed by atoms with Crippen molar-refractivity contribution < 1.29 is 39.2 Å². The van der Waals surface area contributed by atoms with Crippen LogP contribution in [0.15, 0.2) is 58.5 Å². The molecule has 13 nitrogen and oxygen atoms in total. The van der Waals surface area contributed by atoms with Gasteiger partial charge in [0.05, 0.1) is 36.2 Å². The van der Waals surface area contributed by atoms with Crippen LogP contribution in [0.4, 0.5) is 0 Å². The van der Waals surface area contributed by atoms with Crippen molar-refractivity contribution >= 4 is 30.4 Å². The van der Waals surface area contributed by atoms with Gasteiger partial charge in [0.25, 0.3) is 0 Å². The monoisotopic (exact) mass is 683 g/mol. The summed E-state index contributed by atoms with van der Waals surface area (Å²) in [5.74, 6) is -2.34. The first-order chi connectivity index (χ1) is 22.6. The molecule has 7 heterocycles. The Morgan fingerprint density at radius 2 is 1.98 bits per heavy atom. The van der Waals surface area contributed by atoms with Gasteiger partial charge in [-0.05, 0) is 74.2 Å². The second-order valence-electron chi connectivity index (χ2n) is 14.5. The Morgan fingerprint density at radius 1 is 1.25 bits per heavy atom. The zero-order valence-electron chi connectivity index (χ0n) is 27.6. The van der Waals surface area contributed by atoms with E-state index in [-0.39, 0.29) is 42.3 Å². The number of carboxylic acid groups (broad SMARTS) is 1. The number of aliphatic hydroxyl groups excluding tert-OH is 1. The molecule has 0 aromatic rings. The van der Waals surface area contributed by atoms with Crippen LogP contribution in [0.25, 0.3) is 0 Å². The van der Waals surface area contributed by atoms with Crippen molar-refractivity contribution in [3.05, 3.63) is 58.5 Å². The fourth-order valence-corrected chi connectivity index (χ4v) is 8.89. The summed E-state index contributed by atoms with van der Waals surface area (Å²) in [6.45, 7) is 11.8. The maximum atomic E-state index is 12.7. The van der Waals surface area contributed by atoms with E-state index in [2.05, 4.69) is 46.7 Å². The fourth-order valence-electron chi connectivity index (χ4n) is 8.60. The van der Waals surface area contributed by atoms with Gasteiger partial charge in [-0.3, -0.25) is 19.4 Å². The van der Waals surface area contributed by atoms with Gasteiger partial charge in [-0.25, -0.2) is 0 Å². The first kappa shape index (κ1) is 33.4. The molecule has 7 aliphatic rings. The first-order valence-corrected chi connectivity index (χ1v) is 17.3. The topological polar surface area (TPSA) is 198 Å². The third-order valence-corrected chi connectivity index (χ3v) is 11.9. The molecule has 260 valence electrons. The summed E-state index contributed by atoms with van der Waals surface area (Å²) >= 11 is 4.44. The average molecular weight is 684 g/mol. The van der Waals surface area contributed by atoms with Gasteiger partial charge in [-0.15, -0.1) is 6.58 Å². The van der Waals surface area contributed by atoms with E-state index in [0.717, 1.165) is 28.8 Å². The van der Waals surface area contributed by atoms with Crippen LogP contribution in [0.5, 0.6) is 0 Å². The molecule has 7 rings (SSSR count). The number of hydrogen-bond acceptors (Lipinski definition) is 11. The third-order valence-electron chi connectivity index (χ3n) is 11.7. The molecule has 3 unspecified atom stereocenters. The molecular weight excluding hydrogens is 638 g/mol. The molecule has 0 aromatic heterocycles. The Bertz CT molecular complexity index is 1620. The molecule has 10 atom stereocenters. The number of amides is 2. The van der Waals surface area contributed by atoms with Gasteiger partial charge in [-0.2, -0.15) is 18.1 Å². The first-order valence-electron chi connectivity index (χ1n) is 16.7. The van der Waals surface area contributed by atoms with Crippen LogP contribution in [0.2, 0.25) is 0 Å². The van der Waals surface area contributed by atoms with Crippen LogP contribution >= 0.6 is 12.6 Å². The van der Waals surface area contributed by atoms with Crippen molar-refractivity contribution in [2.75, 3.05) is 12.4 Å². The van der Waals surface area contributed by atoms with Gasteiger partial charge in [0.1, 0.15) is 12.2 Å². The molecule has 0 bridgehead atoms. The van der Waals surface area contributed by atoms with E-state index in [9.17, 15) is 29.7 Å². The van der Waals surface area contributed by atoms with Crippen LogP contribution in [0, 0.1) is 17.8 Å². The highest BCUT2D eigenvalue weighted by molar-refractivity contribution is 7.80. The van der Waals surface area contributed by atoms with Gasteiger partial charge >= 0.3 is 5.97 Å². The number of ether oxygens (including phenoxy) is 2. The Kier molecular flexibility index (Phi) is 7.78. The number of epoxide rings is 2. The molecule has 0 aliphatic carbocycles. The van der Waals surface area contributed by atoms with Gasteiger partial charge in [0, 0.05) is 30.0 Å². The van der Waals surface area contributed by atoms with Crippen molar-refractivity contribution in [1.82, 2.24) is 26.4 Å². The summed E-state index contributed by atoms with van der Waals surface area (Å²) in [6.07, 6.45) is 5.90. The van der Waals surface area contributed by atoms with Gasteiger partial charge in [-0.1, -0.05) is 13.0 Å². The van der Waals surface area contributed by atoms with Crippen molar-refractivity contribution in [2.24, 2.45) is 17.8 Å². The molecular formula is C34H45N5O8S. The molecule has 5 saturated heterocycles. The predicted octanol–water partition coefficient (Wildman–Crippen LogP) is 1.10. The van der Waals surface area contributed by atoms with E-state index in [1.54, 1.807) is 6.08 Å². The minimum atomic E-state index is -1.29. The number of carbonyl (C=O) groups is 3. The van der Waals surface area contributed by atoms with Crippen molar-refractivity contribution in [2.45, 2.75) is 101 Å². The van der Waals surface area contributed by atoms with Crippen molar-refractivity contribution in [3.63, 3.8) is 0 Å². The minimum Gasteiger partial charge on any atom is -0.481 e. The van der Waals surface area contributed by atoms with E-state index < -0.39 is 47.2 Å². The Hall–Kier alpha value is -3.14. The average Bonchev–Trinajstić information content (AvgIpc) is 3.92. The highest BCUT2D eigenvalue weighted by Crippen LogP contribution is 2.59. The minimum absolute atomic E-state index is 0.00988. The number of nitrogens with one attached hydrogen (secondary N) is 4. The number of carboxylic acids is 1. The lowest BCUT2D eigenvalue weighted by molar-refractivity contribution is -0.138. The van der Waals surface area contributed by atoms with Crippen LogP contribution in [-0.2, 0) is 23.9 Å². The molecule has 0 radical (unpaired) electrons. The van der Waals surface area contributed by atoms with Crippen LogP contribution in [0.3, 0.4) is 0 Å². The highest BCUT2D eigenvalue weighted by Gasteiger charge is 2.77. The largest absolute Gasteiger partial charge is 0.481 e. The van der Waals surface area contributed by atoms with E-state index in [4.69, 9.17) is 9.47 Å². The number of aliphatic carboxylic acids is 1. The van der Waals surface area contributed by atoms with E-state index >= 15 is 0 Å². The zero-order chi connectivity index (χ0) is 34.6. The predicted molar refractivity (Wildman–Crippen MR) is 176 cm³/mol. The summed E-state index contributed by atoms with van der Waals surface area (Å²) in [5, 5.41) is 43.2. The summed E-state index contributed by atoms with van der Waals surface area (Å²) in [7, 11) is 0. The number of nitrogens with zero attached hydrogens (tertiary/aromatic N) is 1. The lowest BCUT2D eigenvalue weighted by atomic mass is 9.87. The smallest absolute Gasteiger partial charge is 0.306 e. The van der Waals surface area contributed by atoms with Crippen LogP contribution < -0.4 is 21.4 Å². The standard InChI is InChI=1S/C34H45N5O8S/c1-6-20-30(44)37-34(31(20,5)47-34)14-23-18(4)28(26(40)12-27(41)42)24(35-23)13-33-21(7-9-32(45)15-46-32)17(3)25(39(33)38-33)11-22-19(8-10-48)16(2)29(43)36-22/h6,11,13,16,19-20,22-23,26,35,38,40,45,48H,1,7-10,12,14-15H2,2-5H3,(H,36,43)(H,37,44)(H,41,42)/b24-13-,25-11+/t16-,19-,20?,22?,23?,26+,31+,32+,33+,34+,39?/m1/s1. The van der Waals surface area contributed by atoms with Gasteiger partial charge < -0.3 is 40.7 Å². The Labute approximate surface area is 284 Å². The number of hydrazine groups is 1. The summed E-state index contributed by atoms with van der Waals surface area (Å²) in [5.41, 5.74) is 5.74. The van der Waals surface area contributed by atoms with E-state index in [1.165, 1.54) is 0 Å². The maximum absolute atomic E-state index is 12.7. The summed E-state index contributed by atoms with van der Waals surface area (Å²) in [4.78, 5) is 37.2. The second kappa shape index (κ2) is 11.2. The summed E-state index contributed by atoms with van der Waals surface area (Å²) in [6, 6.07) is -0.559. The number of fused-ring (bicyclic) bond motifs is 2. The molecule has 2 amide bonds. The van der Waals surface area contributed by atoms with Crippen LogP contribution in [0.1, 0.15) is 59.8 Å². The molecule has 0 saturated carbocycles. The normalized spacial score (nSPS) is 43.0. The molecule has 7 N–H and O–H groups in total. The van der Waals surface area contributed by atoms with Crippen molar-refractivity contribution in [3.8, 4) is 0 Å². The van der Waals surface area contributed by atoms with Gasteiger partial charge in [0.15, 0.2) is 17.2 Å². The molecule has 48 heavy (non-hydrogen) atoms. The highest BCUT2D eigenvalue weighted by atomic mass is 32.1. The van der Waals surface area contributed by atoms with Crippen LogP contribution in [-0.4, -0.2) is 91.4 Å². The number of aliphatic hydroxyl groups is 2. The number of rotatable bonds is 13.